The number of hydrogen-bond acceptors (Lipinski definition) is 4. The number of sulfone groups is 1. The van der Waals surface area contributed by atoms with Gasteiger partial charge in [-0.05, 0) is 78.9 Å². The zero-order valence-electron chi connectivity index (χ0n) is 16.1. The third kappa shape index (κ3) is 4.30. The van der Waals surface area contributed by atoms with E-state index in [0.29, 0.717) is 10.6 Å². The van der Waals surface area contributed by atoms with Crippen LogP contribution in [0.2, 0.25) is 0 Å². The first-order chi connectivity index (χ1) is 14.0. The van der Waals surface area contributed by atoms with Crippen LogP contribution in [0.1, 0.15) is 43.6 Å². The van der Waals surface area contributed by atoms with Gasteiger partial charge in [0.15, 0.2) is 0 Å². The Morgan fingerprint density at radius 2 is 1.48 bits per heavy atom. The number of rotatable bonds is 5. The molecule has 150 valence electrons. The Morgan fingerprint density at radius 1 is 0.793 bits per heavy atom. The van der Waals surface area contributed by atoms with Crippen molar-refractivity contribution in [1.82, 2.24) is 0 Å². The van der Waals surface area contributed by atoms with Gasteiger partial charge in [0.2, 0.25) is 9.84 Å². The molecular formula is C24H24O4S. The van der Waals surface area contributed by atoms with Crippen molar-refractivity contribution in [3.05, 3.63) is 78.4 Å². The average molecular weight is 409 g/mol. The van der Waals surface area contributed by atoms with Gasteiger partial charge in [0.25, 0.3) is 0 Å². The molecule has 0 saturated heterocycles. The highest BCUT2D eigenvalue weighted by molar-refractivity contribution is 7.91. The van der Waals surface area contributed by atoms with E-state index in [-0.39, 0.29) is 16.6 Å². The van der Waals surface area contributed by atoms with Gasteiger partial charge in [-0.15, -0.1) is 0 Å². The van der Waals surface area contributed by atoms with Gasteiger partial charge in [-0.2, -0.15) is 0 Å². The van der Waals surface area contributed by atoms with Crippen molar-refractivity contribution in [2.45, 2.75) is 47.8 Å². The molecule has 0 aliphatic heterocycles. The zero-order chi connectivity index (χ0) is 20.3. The maximum atomic E-state index is 13.4. The zero-order valence-corrected chi connectivity index (χ0v) is 16.9. The van der Waals surface area contributed by atoms with E-state index in [9.17, 15) is 13.5 Å². The van der Waals surface area contributed by atoms with Crippen molar-refractivity contribution >= 4 is 9.84 Å². The fourth-order valence-electron chi connectivity index (χ4n) is 3.94. The second-order valence-corrected chi connectivity index (χ2v) is 9.37. The van der Waals surface area contributed by atoms with E-state index >= 15 is 0 Å². The van der Waals surface area contributed by atoms with Crippen molar-refractivity contribution in [3.63, 3.8) is 0 Å². The topological polar surface area (TPSA) is 63.6 Å². The molecule has 0 bridgehead atoms. The maximum Gasteiger partial charge on any atom is 0.206 e. The summed E-state index contributed by atoms with van der Waals surface area (Å²) in [5.74, 6) is 1.60. The number of phenols is 1. The lowest BCUT2D eigenvalue weighted by atomic mass is 9.84. The Kier molecular flexibility index (Phi) is 5.58. The Labute approximate surface area is 171 Å². The summed E-state index contributed by atoms with van der Waals surface area (Å²) < 4.78 is 32.7. The Balaban J connectivity index is 1.76. The van der Waals surface area contributed by atoms with E-state index in [1.807, 2.05) is 36.4 Å². The van der Waals surface area contributed by atoms with Crippen LogP contribution in [0, 0.1) is 0 Å². The predicted octanol–water partition coefficient (Wildman–Crippen LogP) is 6.07. The lowest BCUT2D eigenvalue weighted by molar-refractivity contribution is 0.434. The summed E-state index contributed by atoms with van der Waals surface area (Å²) in [7, 11) is -3.69. The van der Waals surface area contributed by atoms with Crippen molar-refractivity contribution in [2.24, 2.45) is 0 Å². The first kappa shape index (κ1) is 19.5. The SMILES string of the molecule is O=S(=O)(c1ccc(O)cc1)c1ccc(Oc2ccccc2)cc1C1CCCCC1. The third-order valence-electron chi connectivity index (χ3n) is 5.44. The summed E-state index contributed by atoms with van der Waals surface area (Å²) >= 11 is 0. The Hall–Kier alpha value is -2.79. The molecule has 0 atom stereocenters. The fourth-order valence-corrected chi connectivity index (χ4v) is 5.48. The first-order valence-corrected chi connectivity index (χ1v) is 11.4. The van der Waals surface area contributed by atoms with E-state index in [2.05, 4.69) is 0 Å². The minimum absolute atomic E-state index is 0.0445. The quantitative estimate of drug-likeness (QED) is 0.557. The van der Waals surface area contributed by atoms with Gasteiger partial charge in [-0.3, -0.25) is 0 Å². The first-order valence-electron chi connectivity index (χ1n) is 9.95. The molecule has 0 aromatic heterocycles. The van der Waals surface area contributed by atoms with Crippen LogP contribution in [-0.2, 0) is 9.84 Å². The van der Waals surface area contributed by atoms with E-state index in [4.69, 9.17) is 4.74 Å². The Bertz CT molecular complexity index is 1070. The van der Waals surface area contributed by atoms with Gasteiger partial charge in [0.05, 0.1) is 9.79 Å². The molecule has 3 aromatic rings. The molecule has 1 fully saturated rings. The third-order valence-corrected chi connectivity index (χ3v) is 7.29. The van der Waals surface area contributed by atoms with Crippen LogP contribution >= 0.6 is 0 Å². The second-order valence-electron chi connectivity index (χ2n) is 7.45. The molecule has 1 saturated carbocycles. The summed E-state index contributed by atoms with van der Waals surface area (Å²) in [5.41, 5.74) is 0.825. The van der Waals surface area contributed by atoms with Crippen molar-refractivity contribution in [1.29, 1.82) is 0 Å². The van der Waals surface area contributed by atoms with Crippen LogP contribution in [-0.4, -0.2) is 13.5 Å². The van der Waals surface area contributed by atoms with Gasteiger partial charge in [0.1, 0.15) is 17.2 Å². The van der Waals surface area contributed by atoms with Gasteiger partial charge < -0.3 is 9.84 Å². The summed E-state index contributed by atoms with van der Waals surface area (Å²) in [5, 5.41) is 9.52. The smallest absolute Gasteiger partial charge is 0.206 e. The Morgan fingerprint density at radius 3 is 2.17 bits per heavy atom. The number of para-hydroxylation sites is 1. The van der Waals surface area contributed by atoms with Gasteiger partial charge >= 0.3 is 0 Å². The number of benzene rings is 3. The van der Waals surface area contributed by atoms with Crippen LogP contribution in [0.5, 0.6) is 17.2 Å². The highest BCUT2D eigenvalue weighted by Crippen LogP contribution is 2.40. The molecule has 4 rings (SSSR count). The largest absolute Gasteiger partial charge is 0.508 e. The van der Waals surface area contributed by atoms with Crippen LogP contribution in [0.25, 0.3) is 0 Å². The highest BCUT2D eigenvalue weighted by atomic mass is 32.2. The van der Waals surface area contributed by atoms with Gasteiger partial charge in [-0.1, -0.05) is 37.5 Å². The molecule has 0 unspecified atom stereocenters. The van der Waals surface area contributed by atoms with Crippen molar-refractivity contribution < 1.29 is 18.3 Å². The molecule has 0 spiro atoms. The standard InChI is InChI=1S/C24H24O4S/c25-19-11-14-22(15-12-19)29(26,27)24-16-13-21(28-20-9-5-2-6-10-20)17-23(24)18-7-3-1-4-8-18/h2,5-6,9-18,25H,1,3-4,7-8H2. The molecule has 3 aromatic carbocycles. The van der Waals surface area contributed by atoms with Crippen molar-refractivity contribution in [2.75, 3.05) is 0 Å². The molecule has 0 heterocycles. The summed E-state index contributed by atoms with van der Waals surface area (Å²) in [6, 6.07) is 20.4. The van der Waals surface area contributed by atoms with Crippen LogP contribution < -0.4 is 4.74 Å². The normalized spacial score (nSPS) is 15.2. The number of phenolic OH excluding ortho intramolecular Hbond substituents is 1. The predicted molar refractivity (Wildman–Crippen MR) is 112 cm³/mol. The van der Waals surface area contributed by atoms with Gasteiger partial charge in [-0.25, -0.2) is 8.42 Å². The minimum atomic E-state index is -3.69. The van der Waals surface area contributed by atoms with Crippen LogP contribution in [0.4, 0.5) is 0 Å². The highest BCUT2D eigenvalue weighted by Gasteiger charge is 2.27. The number of ether oxygens (including phenoxy) is 1. The molecule has 29 heavy (non-hydrogen) atoms. The lowest BCUT2D eigenvalue weighted by Gasteiger charge is -2.25. The second kappa shape index (κ2) is 8.29. The molecule has 0 radical (unpaired) electrons. The summed E-state index contributed by atoms with van der Waals surface area (Å²) in [4.78, 5) is 0.514. The minimum Gasteiger partial charge on any atom is -0.508 e. The molecular weight excluding hydrogens is 384 g/mol. The molecule has 1 N–H and O–H groups in total. The number of aromatic hydroxyl groups is 1. The lowest BCUT2D eigenvalue weighted by Crippen LogP contribution is -2.12. The monoisotopic (exact) mass is 408 g/mol. The molecule has 4 nitrogen and oxygen atoms in total. The maximum absolute atomic E-state index is 13.4. The van der Waals surface area contributed by atoms with E-state index in [0.717, 1.165) is 37.0 Å². The van der Waals surface area contributed by atoms with Crippen LogP contribution in [0.15, 0.2) is 82.6 Å². The summed E-state index contributed by atoms with van der Waals surface area (Å²) in [6.07, 6.45) is 5.36. The van der Waals surface area contributed by atoms with E-state index in [1.165, 1.54) is 30.7 Å². The summed E-state index contributed by atoms with van der Waals surface area (Å²) in [6.45, 7) is 0. The molecule has 1 aliphatic carbocycles. The molecule has 0 amide bonds. The average Bonchev–Trinajstić information content (AvgIpc) is 2.75. The van der Waals surface area contributed by atoms with E-state index < -0.39 is 9.84 Å². The van der Waals surface area contributed by atoms with Crippen molar-refractivity contribution in [3.8, 4) is 17.2 Å². The molecule has 1 aliphatic rings. The number of hydrogen-bond donors (Lipinski definition) is 1. The van der Waals surface area contributed by atoms with Gasteiger partial charge in [0, 0.05) is 0 Å². The molecule has 5 heteroatoms. The van der Waals surface area contributed by atoms with Crippen LogP contribution in [0.3, 0.4) is 0 Å². The fraction of sp³-hybridized carbons (Fsp3) is 0.250. The van der Waals surface area contributed by atoms with E-state index in [1.54, 1.807) is 12.1 Å².